The summed E-state index contributed by atoms with van der Waals surface area (Å²) in [7, 11) is 1.85. The molecule has 1 unspecified atom stereocenters. The van der Waals surface area contributed by atoms with E-state index in [2.05, 4.69) is 23.2 Å². The van der Waals surface area contributed by atoms with Crippen LogP contribution in [0.4, 0.5) is 5.69 Å². The summed E-state index contributed by atoms with van der Waals surface area (Å²) < 4.78 is 0. The number of nitrogens with one attached hydrogen (secondary N) is 1. The van der Waals surface area contributed by atoms with Crippen molar-refractivity contribution in [2.75, 3.05) is 31.6 Å². The highest BCUT2D eigenvalue weighted by atomic mass is 35.5. The van der Waals surface area contributed by atoms with E-state index in [1.165, 1.54) is 0 Å². The quantitative estimate of drug-likeness (QED) is 0.380. The molecule has 4 nitrogen and oxygen atoms in total. The van der Waals surface area contributed by atoms with E-state index < -0.39 is 0 Å². The van der Waals surface area contributed by atoms with Crippen molar-refractivity contribution in [3.8, 4) is 0 Å². The van der Waals surface area contributed by atoms with Crippen LogP contribution in [0.2, 0.25) is 15.1 Å². The Morgan fingerprint density at radius 1 is 1.09 bits per heavy atom. The van der Waals surface area contributed by atoms with Gasteiger partial charge in [-0.05, 0) is 60.2 Å². The number of hydrogen-bond donors (Lipinski definition) is 1. The molecule has 1 saturated heterocycles. The summed E-state index contributed by atoms with van der Waals surface area (Å²) in [6, 6.07) is 13.3. The third kappa shape index (κ3) is 7.05. The van der Waals surface area contributed by atoms with Gasteiger partial charge in [0.1, 0.15) is 0 Å². The number of allylic oxidation sites excluding steroid dienone is 4. The van der Waals surface area contributed by atoms with Crippen molar-refractivity contribution in [1.82, 2.24) is 10.2 Å². The molecule has 0 aromatic heterocycles. The minimum Gasteiger partial charge on any atom is -0.394 e. The third-order valence-corrected chi connectivity index (χ3v) is 6.49. The first kappa shape index (κ1) is 26.2. The fourth-order valence-corrected chi connectivity index (χ4v) is 4.62. The Kier molecular flexibility index (Phi) is 9.94. The average Bonchev–Trinajstić information content (AvgIpc) is 2.83. The standard InChI is InChI=1S/C27H30Cl3N3O/c1-3-4-6-20(7-5-14-31-2)17-27(34)32-15-16-33(25-13-12-23(29)18-24(25)30)26(19-32)21-8-10-22(28)11-9-21/h4-14,18,26,31H,3,15-17,19H2,1-2H3/b6-4-,14-5+,20-7+. The Balaban J connectivity index is 1.85. The summed E-state index contributed by atoms with van der Waals surface area (Å²) in [5.74, 6) is 0.102. The summed E-state index contributed by atoms with van der Waals surface area (Å²) in [6.45, 7) is 3.90. The first-order valence-corrected chi connectivity index (χ1v) is 12.5. The van der Waals surface area contributed by atoms with Gasteiger partial charge < -0.3 is 15.1 Å². The Labute approximate surface area is 217 Å². The maximum Gasteiger partial charge on any atom is 0.227 e. The lowest BCUT2D eigenvalue weighted by molar-refractivity contribution is -0.131. The number of nitrogens with zero attached hydrogens (tertiary/aromatic N) is 2. The van der Waals surface area contributed by atoms with E-state index in [0.717, 1.165) is 23.2 Å². The molecule has 0 aliphatic carbocycles. The molecule has 1 aliphatic rings. The highest BCUT2D eigenvalue weighted by Crippen LogP contribution is 2.37. The lowest BCUT2D eigenvalue weighted by atomic mass is 10.0. The Hall–Kier alpha value is -2.40. The van der Waals surface area contributed by atoms with E-state index in [1.807, 2.05) is 72.8 Å². The molecule has 0 radical (unpaired) electrons. The van der Waals surface area contributed by atoms with Crippen molar-refractivity contribution in [1.29, 1.82) is 0 Å². The molecule has 1 N–H and O–H groups in total. The van der Waals surface area contributed by atoms with E-state index in [9.17, 15) is 4.79 Å². The molecule has 3 rings (SSSR count). The van der Waals surface area contributed by atoms with Crippen LogP contribution in [0.3, 0.4) is 0 Å². The van der Waals surface area contributed by atoms with Crippen LogP contribution in [0.15, 0.2) is 78.5 Å². The SMILES string of the molecule is CC\C=C/C(=C\C=C\NC)CC(=O)N1CCN(c2ccc(Cl)cc2Cl)C(c2ccc(Cl)cc2)C1. The van der Waals surface area contributed by atoms with E-state index in [0.29, 0.717) is 41.1 Å². The van der Waals surface area contributed by atoms with Crippen molar-refractivity contribution in [3.63, 3.8) is 0 Å². The van der Waals surface area contributed by atoms with Crippen LogP contribution >= 0.6 is 34.8 Å². The molecule has 0 saturated carbocycles. The van der Waals surface area contributed by atoms with Gasteiger partial charge >= 0.3 is 0 Å². The predicted octanol–water partition coefficient (Wildman–Crippen LogP) is 7.05. The molecule has 0 bridgehead atoms. The predicted molar refractivity (Wildman–Crippen MR) is 145 cm³/mol. The zero-order valence-electron chi connectivity index (χ0n) is 19.5. The van der Waals surface area contributed by atoms with Gasteiger partial charge in [-0.15, -0.1) is 0 Å². The number of hydrogen-bond acceptors (Lipinski definition) is 3. The maximum absolute atomic E-state index is 13.3. The van der Waals surface area contributed by atoms with Crippen LogP contribution in [0.1, 0.15) is 31.4 Å². The van der Waals surface area contributed by atoms with Gasteiger partial charge in [-0.2, -0.15) is 0 Å². The molecule has 0 spiro atoms. The molecule has 7 heteroatoms. The van der Waals surface area contributed by atoms with E-state index in [-0.39, 0.29) is 11.9 Å². The van der Waals surface area contributed by atoms with Crippen molar-refractivity contribution >= 4 is 46.4 Å². The average molecular weight is 519 g/mol. The van der Waals surface area contributed by atoms with Gasteiger partial charge in [0.25, 0.3) is 0 Å². The van der Waals surface area contributed by atoms with Gasteiger partial charge in [-0.25, -0.2) is 0 Å². The topological polar surface area (TPSA) is 35.6 Å². The van der Waals surface area contributed by atoms with Gasteiger partial charge in [0.05, 0.1) is 23.2 Å². The van der Waals surface area contributed by atoms with Gasteiger partial charge in [-0.3, -0.25) is 4.79 Å². The largest absolute Gasteiger partial charge is 0.394 e. The molecule has 1 amide bonds. The molecule has 1 aliphatic heterocycles. The monoisotopic (exact) mass is 517 g/mol. The Morgan fingerprint density at radius 2 is 1.82 bits per heavy atom. The highest BCUT2D eigenvalue weighted by Gasteiger charge is 2.32. The lowest BCUT2D eigenvalue weighted by Gasteiger charge is -2.43. The normalized spacial score (nSPS) is 17.1. The Bertz CT molecular complexity index is 1060. The molecule has 1 atom stereocenters. The molecule has 2 aromatic rings. The highest BCUT2D eigenvalue weighted by molar-refractivity contribution is 6.36. The Morgan fingerprint density at radius 3 is 2.50 bits per heavy atom. The van der Waals surface area contributed by atoms with Crippen LogP contribution < -0.4 is 10.2 Å². The third-order valence-electron chi connectivity index (χ3n) is 5.70. The number of carbonyl (C=O) groups is 1. The van der Waals surface area contributed by atoms with Crippen LogP contribution in [-0.4, -0.2) is 37.5 Å². The first-order valence-electron chi connectivity index (χ1n) is 11.4. The lowest BCUT2D eigenvalue weighted by Crippen LogP contribution is -2.50. The number of piperazine rings is 1. The number of amides is 1. The van der Waals surface area contributed by atoms with Crippen molar-refractivity contribution in [2.45, 2.75) is 25.8 Å². The zero-order chi connectivity index (χ0) is 24.5. The minimum atomic E-state index is -0.0588. The first-order chi connectivity index (χ1) is 16.4. The minimum absolute atomic E-state index is 0.0588. The summed E-state index contributed by atoms with van der Waals surface area (Å²) >= 11 is 18.8. The maximum atomic E-state index is 13.3. The van der Waals surface area contributed by atoms with E-state index in [4.69, 9.17) is 34.8 Å². The van der Waals surface area contributed by atoms with Crippen LogP contribution in [0.5, 0.6) is 0 Å². The molecule has 1 fully saturated rings. The van der Waals surface area contributed by atoms with E-state index >= 15 is 0 Å². The van der Waals surface area contributed by atoms with Crippen molar-refractivity contribution in [3.05, 3.63) is 99.2 Å². The number of benzene rings is 2. The fourth-order valence-electron chi connectivity index (χ4n) is 3.98. The van der Waals surface area contributed by atoms with Gasteiger partial charge in [-0.1, -0.05) is 72.1 Å². The number of halogens is 3. The van der Waals surface area contributed by atoms with Crippen molar-refractivity contribution < 1.29 is 4.79 Å². The molecular formula is C27H30Cl3N3O. The number of carbonyl (C=O) groups excluding carboxylic acids is 1. The zero-order valence-corrected chi connectivity index (χ0v) is 21.7. The van der Waals surface area contributed by atoms with Gasteiger partial charge in [0.2, 0.25) is 5.91 Å². The molecule has 1 heterocycles. The van der Waals surface area contributed by atoms with Crippen LogP contribution in [-0.2, 0) is 4.79 Å². The van der Waals surface area contributed by atoms with Crippen LogP contribution in [0, 0.1) is 0 Å². The summed E-state index contributed by atoms with van der Waals surface area (Å²) in [4.78, 5) is 17.5. The molecule has 180 valence electrons. The van der Waals surface area contributed by atoms with Crippen LogP contribution in [0.25, 0.3) is 0 Å². The second-order valence-electron chi connectivity index (χ2n) is 8.07. The number of rotatable bonds is 8. The smallest absolute Gasteiger partial charge is 0.227 e. The fraction of sp³-hybridized carbons (Fsp3) is 0.296. The molecular weight excluding hydrogens is 489 g/mol. The van der Waals surface area contributed by atoms with Crippen molar-refractivity contribution in [2.24, 2.45) is 0 Å². The van der Waals surface area contributed by atoms with Gasteiger partial charge in [0, 0.05) is 36.7 Å². The van der Waals surface area contributed by atoms with E-state index in [1.54, 1.807) is 6.07 Å². The second kappa shape index (κ2) is 12.9. The summed E-state index contributed by atoms with van der Waals surface area (Å²) in [5.41, 5.74) is 2.96. The van der Waals surface area contributed by atoms with Gasteiger partial charge in [0.15, 0.2) is 0 Å². The number of anilines is 1. The summed E-state index contributed by atoms with van der Waals surface area (Å²) in [6.07, 6.45) is 11.1. The summed E-state index contributed by atoms with van der Waals surface area (Å²) in [5, 5.41) is 4.84. The molecule has 34 heavy (non-hydrogen) atoms. The molecule has 2 aromatic carbocycles. The second-order valence-corrected chi connectivity index (χ2v) is 9.35.